The third-order valence-electron chi connectivity index (χ3n) is 3.92. The fraction of sp³-hybridized carbons (Fsp3) is 0.182. The number of rotatable bonds is 8. The molecule has 0 bridgehead atoms. The van der Waals surface area contributed by atoms with Crippen LogP contribution in [0.15, 0.2) is 89.6 Å². The molecule has 0 saturated heterocycles. The molecule has 140 valence electrons. The summed E-state index contributed by atoms with van der Waals surface area (Å²) >= 11 is 0. The molecule has 0 radical (unpaired) electrons. The maximum Gasteiger partial charge on any atom is 0.355 e. The van der Waals surface area contributed by atoms with Crippen molar-refractivity contribution in [2.75, 3.05) is 0 Å². The van der Waals surface area contributed by atoms with Crippen molar-refractivity contribution in [3.8, 4) is 0 Å². The molecular formula is C22H25N3O2. The molecule has 0 unspecified atom stereocenters. The zero-order chi connectivity index (χ0) is 19.6. The van der Waals surface area contributed by atoms with Crippen LogP contribution >= 0.6 is 0 Å². The minimum atomic E-state index is -1.00. The summed E-state index contributed by atoms with van der Waals surface area (Å²) in [5.41, 5.74) is 3.57. The molecular weight excluding hydrogens is 338 g/mol. The number of allylic oxidation sites excluding steroid dienone is 4. The average Bonchev–Trinajstić information content (AvgIpc) is 2.66. The fourth-order valence-corrected chi connectivity index (χ4v) is 2.59. The molecule has 27 heavy (non-hydrogen) atoms. The molecule has 0 saturated carbocycles. The van der Waals surface area contributed by atoms with E-state index in [0.717, 1.165) is 12.0 Å². The Morgan fingerprint density at radius 2 is 1.89 bits per heavy atom. The summed E-state index contributed by atoms with van der Waals surface area (Å²) in [6.07, 6.45) is 13.3. The van der Waals surface area contributed by atoms with Gasteiger partial charge in [0.25, 0.3) is 0 Å². The predicted octanol–water partition coefficient (Wildman–Crippen LogP) is 4.14. The molecule has 0 fully saturated rings. The third kappa shape index (κ3) is 5.57. The van der Waals surface area contributed by atoms with Gasteiger partial charge in [-0.2, -0.15) is 0 Å². The van der Waals surface area contributed by atoms with Crippen molar-refractivity contribution in [2.24, 2.45) is 4.99 Å². The van der Waals surface area contributed by atoms with Gasteiger partial charge >= 0.3 is 5.97 Å². The lowest BCUT2D eigenvalue weighted by atomic mass is 10.1. The van der Waals surface area contributed by atoms with Gasteiger partial charge in [-0.15, -0.1) is 0 Å². The number of hydrogen-bond donors (Lipinski definition) is 2. The minimum Gasteiger partial charge on any atom is -0.476 e. The SMILES string of the molecule is C=C1C=CC(NCc2ccc(CC=N/C=C\C)cc2)=C(C(=O)O)N1/C=C\C. The molecule has 0 aliphatic carbocycles. The number of nitrogens with zero attached hydrogens (tertiary/aromatic N) is 2. The van der Waals surface area contributed by atoms with Crippen LogP contribution in [0, 0.1) is 0 Å². The summed E-state index contributed by atoms with van der Waals surface area (Å²) in [6.45, 7) is 8.19. The normalized spacial score (nSPS) is 14.9. The highest BCUT2D eigenvalue weighted by Crippen LogP contribution is 2.23. The van der Waals surface area contributed by atoms with Crippen LogP contribution in [-0.2, 0) is 17.8 Å². The fourth-order valence-electron chi connectivity index (χ4n) is 2.59. The Hall–Kier alpha value is -3.34. The second-order valence-corrected chi connectivity index (χ2v) is 5.93. The van der Waals surface area contributed by atoms with Crippen molar-refractivity contribution in [1.82, 2.24) is 10.2 Å². The molecule has 5 heteroatoms. The van der Waals surface area contributed by atoms with E-state index in [1.165, 1.54) is 5.56 Å². The molecule has 5 nitrogen and oxygen atoms in total. The summed E-state index contributed by atoms with van der Waals surface area (Å²) in [4.78, 5) is 17.5. The van der Waals surface area contributed by atoms with Crippen LogP contribution in [0.2, 0.25) is 0 Å². The maximum absolute atomic E-state index is 11.7. The van der Waals surface area contributed by atoms with Gasteiger partial charge in [0, 0.05) is 37.3 Å². The molecule has 0 atom stereocenters. The first-order valence-corrected chi connectivity index (χ1v) is 8.78. The number of carbonyl (C=O) groups is 1. The number of aliphatic carboxylic acids is 1. The Morgan fingerprint density at radius 1 is 1.19 bits per heavy atom. The Kier molecular flexibility index (Phi) is 7.37. The van der Waals surface area contributed by atoms with E-state index in [-0.39, 0.29) is 5.70 Å². The summed E-state index contributed by atoms with van der Waals surface area (Å²) in [6, 6.07) is 8.16. The highest BCUT2D eigenvalue weighted by Gasteiger charge is 2.23. The number of aliphatic imine (C=N–C) groups is 1. The van der Waals surface area contributed by atoms with Crippen molar-refractivity contribution >= 4 is 12.2 Å². The first kappa shape index (κ1) is 20.0. The van der Waals surface area contributed by atoms with Crippen molar-refractivity contribution in [2.45, 2.75) is 26.8 Å². The standard InChI is InChI=1S/C22H25N3O2/c1-4-13-23-14-12-18-7-9-19(10-8-18)16-24-20-11-6-17(3)25(15-5-2)21(20)22(26)27/h4-11,13-15,24H,3,12,16H2,1-2H3,(H,26,27)/b13-4-,15-5-,23-14?. The van der Waals surface area contributed by atoms with Crippen LogP contribution in [0.3, 0.4) is 0 Å². The first-order valence-electron chi connectivity index (χ1n) is 8.78. The van der Waals surface area contributed by atoms with Crippen molar-refractivity contribution in [1.29, 1.82) is 0 Å². The van der Waals surface area contributed by atoms with E-state index in [9.17, 15) is 9.90 Å². The van der Waals surface area contributed by atoms with Gasteiger partial charge in [-0.3, -0.25) is 4.99 Å². The minimum absolute atomic E-state index is 0.164. The highest BCUT2D eigenvalue weighted by molar-refractivity contribution is 5.88. The van der Waals surface area contributed by atoms with Gasteiger partial charge in [-0.25, -0.2) is 4.79 Å². The summed E-state index contributed by atoms with van der Waals surface area (Å²) < 4.78 is 0. The first-order chi connectivity index (χ1) is 13.1. The van der Waals surface area contributed by atoms with E-state index in [0.29, 0.717) is 17.9 Å². The van der Waals surface area contributed by atoms with E-state index < -0.39 is 5.97 Å². The van der Waals surface area contributed by atoms with Crippen LogP contribution in [0.25, 0.3) is 0 Å². The molecule has 1 aliphatic rings. The van der Waals surface area contributed by atoms with Crippen molar-refractivity contribution in [3.63, 3.8) is 0 Å². The quantitative estimate of drug-likeness (QED) is 0.682. The highest BCUT2D eigenvalue weighted by atomic mass is 16.4. The molecule has 0 amide bonds. The van der Waals surface area contributed by atoms with E-state index in [1.54, 1.807) is 35.5 Å². The monoisotopic (exact) mass is 363 g/mol. The summed E-state index contributed by atoms with van der Waals surface area (Å²) in [5.74, 6) is -1.00. The maximum atomic E-state index is 11.7. The Labute approximate surface area is 160 Å². The zero-order valence-corrected chi connectivity index (χ0v) is 15.7. The molecule has 2 rings (SSSR count). The van der Waals surface area contributed by atoms with Gasteiger partial charge in [0.2, 0.25) is 0 Å². The van der Waals surface area contributed by atoms with Crippen molar-refractivity contribution < 1.29 is 9.90 Å². The average molecular weight is 363 g/mol. The smallest absolute Gasteiger partial charge is 0.355 e. The topological polar surface area (TPSA) is 64.9 Å². The van der Waals surface area contributed by atoms with Gasteiger partial charge in [-0.1, -0.05) is 43.0 Å². The second kappa shape index (κ2) is 9.97. The van der Waals surface area contributed by atoms with Crippen LogP contribution in [0.1, 0.15) is 25.0 Å². The van der Waals surface area contributed by atoms with E-state index in [2.05, 4.69) is 29.0 Å². The molecule has 1 aromatic rings. The van der Waals surface area contributed by atoms with Crippen LogP contribution in [0.5, 0.6) is 0 Å². The molecule has 0 aromatic heterocycles. The molecule has 0 spiro atoms. The largest absolute Gasteiger partial charge is 0.476 e. The van der Waals surface area contributed by atoms with Gasteiger partial charge in [0.1, 0.15) is 0 Å². The van der Waals surface area contributed by atoms with Crippen LogP contribution < -0.4 is 5.32 Å². The number of nitrogens with one attached hydrogen (secondary N) is 1. The zero-order valence-electron chi connectivity index (χ0n) is 15.7. The van der Waals surface area contributed by atoms with E-state index >= 15 is 0 Å². The van der Waals surface area contributed by atoms with Gasteiger partial charge in [0.15, 0.2) is 5.70 Å². The van der Waals surface area contributed by atoms with Gasteiger partial charge in [0.05, 0.1) is 5.70 Å². The van der Waals surface area contributed by atoms with Crippen LogP contribution in [0.4, 0.5) is 0 Å². The van der Waals surface area contributed by atoms with E-state index in [1.807, 2.05) is 38.3 Å². The lowest BCUT2D eigenvalue weighted by molar-refractivity contribution is -0.134. The third-order valence-corrected chi connectivity index (χ3v) is 3.92. The van der Waals surface area contributed by atoms with Crippen LogP contribution in [-0.4, -0.2) is 22.2 Å². The Morgan fingerprint density at radius 3 is 2.52 bits per heavy atom. The van der Waals surface area contributed by atoms with Gasteiger partial charge in [-0.05, 0) is 37.1 Å². The molecule has 1 aliphatic heterocycles. The predicted molar refractivity (Wildman–Crippen MR) is 110 cm³/mol. The lowest BCUT2D eigenvalue weighted by Gasteiger charge is -2.27. The number of carboxylic acids is 1. The number of carboxylic acid groups (broad SMARTS) is 1. The number of hydrogen-bond acceptors (Lipinski definition) is 4. The Balaban J connectivity index is 2.08. The van der Waals surface area contributed by atoms with Crippen molar-refractivity contribution in [3.05, 3.63) is 95.8 Å². The summed E-state index contributed by atoms with van der Waals surface area (Å²) in [5, 5.41) is 12.8. The lowest BCUT2D eigenvalue weighted by Crippen LogP contribution is -2.29. The molecule has 2 N–H and O–H groups in total. The van der Waals surface area contributed by atoms with Gasteiger partial charge < -0.3 is 15.3 Å². The van der Waals surface area contributed by atoms with E-state index in [4.69, 9.17) is 0 Å². The molecule has 1 heterocycles. The second-order valence-electron chi connectivity index (χ2n) is 5.93. The molecule has 1 aromatic carbocycles. The number of benzene rings is 1. The Bertz CT molecular complexity index is 828. The summed E-state index contributed by atoms with van der Waals surface area (Å²) in [7, 11) is 0.